The molecule has 2 aromatic rings. The van der Waals surface area contributed by atoms with Crippen LogP contribution < -0.4 is 21.3 Å². The van der Waals surface area contributed by atoms with Crippen LogP contribution in [0.25, 0.3) is 0 Å². The fourth-order valence-electron chi connectivity index (χ4n) is 3.18. The number of carbonyl (C=O) groups is 3. The molecule has 30 heavy (non-hydrogen) atoms. The van der Waals surface area contributed by atoms with Crippen molar-refractivity contribution in [3.63, 3.8) is 0 Å². The summed E-state index contributed by atoms with van der Waals surface area (Å²) in [5.41, 5.74) is 4.62. The van der Waals surface area contributed by atoms with E-state index in [0.717, 1.165) is 5.56 Å². The van der Waals surface area contributed by atoms with Crippen LogP contribution in [0, 0.1) is 11.8 Å². The minimum atomic E-state index is -1.87. The van der Waals surface area contributed by atoms with Gasteiger partial charge in [-0.3, -0.25) is 19.2 Å². The number of aromatic nitrogens is 1. The number of ether oxygens (including phenoxy) is 1. The summed E-state index contributed by atoms with van der Waals surface area (Å²) in [7, 11) is 3.06. The van der Waals surface area contributed by atoms with Gasteiger partial charge in [-0.2, -0.15) is 0 Å². The van der Waals surface area contributed by atoms with Crippen LogP contribution in [0.4, 0.5) is 0 Å². The Kier molecular flexibility index (Phi) is 5.60. The van der Waals surface area contributed by atoms with E-state index in [1.807, 2.05) is 0 Å². The van der Waals surface area contributed by atoms with Crippen molar-refractivity contribution in [3.05, 3.63) is 63.6 Å². The highest BCUT2D eigenvalue weighted by Gasteiger charge is 2.40. The van der Waals surface area contributed by atoms with E-state index in [2.05, 4.69) is 17.2 Å². The maximum atomic E-state index is 12.8. The lowest BCUT2D eigenvalue weighted by Gasteiger charge is -2.29. The molecule has 3 N–H and O–H groups in total. The standard InChI is InChI=1S/C21H20N4O5/c1-24-9-3-4-14(18(24)27)7-8-21(20(22)29,23-13-26)12-25-11-15-5-6-16(30-2)10-17(15)19(25)28/h3-6,9-10,13H,11-12H2,1-2H3,(H2,22,29)(H,23,26)/t21-/m1/s1. The summed E-state index contributed by atoms with van der Waals surface area (Å²) in [6.45, 7) is -0.0699. The molecule has 1 atom stereocenters. The molecule has 0 unspecified atom stereocenters. The topological polar surface area (TPSA) is 124 Å². The summed E-state index contributed by atoms with van der Waals surface area (Å²) in [6.07, 6.45) is 1.85. The number of fused-ring (bicyclic) bond motifs is 1. The molecule has 0 saturated carbocycles. The Bertz CT molecular complexity index is 1140. The molecule has 0 radical (unpaired) electrons. The first-order chi connectivity index (χ1) is 14.3. The fraction of sp³-hybridized carbons (Fsp3) is 0.238. The number of rotatable bonds is 6. The quantitative estimate of drug-likeness (QED) is 0.487. The lowest BCUT2D eigenvalue weighted by Crippen LogP contribution is -2.60. The van der Waals surface area contributed by atoms with Crippen molar-refractivity contribution in [1.29, 1.82) is 0 Å². The SMILES string of the molecule is COc1ccc2c(c1)C(=O)N(C[C@@](C#Cc1cccn(C)c1=O)(NC=O)C(N)=O)C2. The molecule has 1 aromatic carbocycles. The normalized spacial score (nSPS) is 14.2. The average molecular weight is 408 g/mol. The Balaban J connectivity index is 1.98. The molecule has 1 aromatic heterocycles. The maximum absolute atomic E-state index is 12.8. The molecule has 0 saturated heterocycles. The number of amides is 3. The smallest absolute Gasteiger partial charge is 0.266 e. The molecule has 3 amide bonds. The van der Waals surface area contributed by atoms with Gasteiger partial charge in [0.25, 0.3) is 17.4 Å². The van der Waals surface area contributed by atoms with Gasteiger partial charge < -0.3 is 25.3 Å². The molecule has 0 spiro atoms. The first kappa shape index (κ1) is 20.7. The van der Waals surface area contributed by atoms with Gasteiger partial charge in [0.1, 0.15) is 5.75 Å². The van der Waals surface area contributed by atoms with Crippen molar-refractivity contribution in [2.24, 2.45) is 12.8 Å². The summed E-state index contributed by atoms with van der Waals surface area (Å²) >= 11 is 0. The zero-order valence-electron chi connectivity index (χ0n) is 16.5. The highest BCUT2D eigenvalue weighted by molar-refractivity contribution is 6.00. The molecular formula is C21H20N4O5. The number of pyridine rings is 1. The molecule has 2 heterocycles. The van der Waals surface area contributed by atoms with Crippen LogP contribution in [0.2, 0.25) is 0 Å². The number of methoxy groups -OCH3 is 1. The predicted octanol–water partition coefficient (Wildman–Crippen LogP) is -0.628. The lowest BCUT2D eigenvalue weighted by molar-refractivity contribution is -0.125. The first-order valence-electron chi connectivity index (χ1n) is 8.97. The van der Waals surface area contributed by atoms with Gasteiger partial charge in [0.05, 0.1) is 19.2 Å². The monoisotopic (exact) mass is 408 g/mol. The van der Waals surface area contributed by atoms with Crippen LogP contribution in [0.1, 0.15) is 21.5 Å². The van der Waals surface area contributed by atoms with E-state index in [1.54, 1.807) is 37.5 Å². The Morgan fingerprint density at radius 2 is 2.13 bits per heavy atom. The maximum Gasteiger partial charge on any atom is 0.266 e. The lowest BCUT2D eigenvalue weighted by atomic mass is 9.98. The molecule has 3 rings (SSSR count). The van der Waals surface area contributed by atoms with E-state index in [4.69, 9.17) is 10.5 Å². The van der Waals surface area contributed by atoms with Crippen LogP contribution in [0.15, 0.2) is 41.3 Å². The largest absolute Gasteiger partial charge is 0.497 e. The van der Waals surface area contributed by atoms with Gasteiger partial charge in [-0.05, 0) is 29.8 Å². The minimum absolute atomic E-state index is 0.124. The second-order valence-electron chi connectivity index (χ2n) is 6.80. The average Bonchev–Trinajstić information content (AvgIpc) is 3.03. The highest BCUT2D eigenvalue weighted by Crippen LogP contribution is 2.27. The number of nitrogens with one attached hydrogen (secondary N) is 1. The summed E-state index contributed by atoms with van der Waals surface area (Å²) in [4.78, 5) is 50.0. The summed E-state index contributed by atoms with van der Waals surface area (Å²) in [5.74, 6) is 4.47. The van der Waals surface area contributed by atoms with E-state index in [0.29, 0.717) is 17.7 Å². The van der Waals surface area contributed by atoms with Crippen LogP contribution in [0.3, 0.4) is 0 Å². The first-order valence-corrected chi connectivity index (χ1v) is 8.97. The molecule has 1 aliphatic heterocycles. The highest BCUT2D eigenvalue weighted by atomic mass is 16.5. The number of aryl methyl sites for hydroxylation is 1. The molecule has 1 aliphatic rings. The third-order valence-electron chi connectivity index (χ3n) is 4.88. The molecule has 154 valence electrons. The second kappa shape index (κ2) is 8.13. The zero-order valence-corrected chi connectivity index (χ0v) is 16.5. The van der Waals surface area contributed by atoms with Crippen LogP contribution in [0.5, 0.6) is 5.75 Å². The van der Waals surface area contributed by atoms with E-state index in [9.17, 15) is 19.2 Å². The molecule has 0 fully saturated rings. The van der Waals surface area contributed by atoms with E-state index in [-0.39, 0.29) is 30.1 Å². The number of benzene rings is 1. The van der Waals surface area contributed by atoms with Gasteiger partial charge in [0.15, 0.2) is 5.54 Å². The Morgan fingerprint density at radius 1 is 1.37 bits per heavy atom. The number of primary amides is 1. The van der Waals surface area contributed by atoms with Crippen molar-refractivity contribution in [2.75, 3.05) is 13.7 Å². The van der Waals surface area contributed by atoms with Gasteiger partial charge in [-0.1, -0.05) is 17.9 Å². The van der Waals surface area contributed by atoms with E-state index in [1.165, 1.54) is 22.6 Å². The van der Waals surface area contributed by atoms with Gasteiger partial charge in [-0.25, -0.2) is 0 Å². The molecule has 9 heteroatoms. The Hall–Kier alpha value is -4.06. The van der Waals surface area contributed by atoms with Crippen molar-refractivity contribution in [3.8, 4) is 17.6 Å². The molecular weight excluding hydrogens is 388 g/mol. The van der Waals surface area contributed by atoms with Crippen LogP contribution in [-0.2, 0) is 23.2 Å². The molecule has 0 aliphatic carbocycles. The van der Waals surface area contributed by atoms with E-state index < -0.39 is 11.4 Å². The number of nitrogens with zero attached hydrogens (tertiary/aromatic N) is 2. The van der Waals surface area contributed by atoms with Crippen molar-refractivity contribution < 1.29 is 19.1 Å². The minimum Gasteiger partial charge on any atom is -0.497 e. The number of carbonyl (C=O) groups excluding carboxylic acids is 3. The molecule has 0 bridgehead atoms. The zero-order chi connectivity index (χ0) is 21.9. The number of hydrogen-bond donors (Lipinski definition) is 2. The Labute approximate surface area is 172 Å². The predicted molar refractivity (Wildman–Crippen MR) is 107 cm³/mol. The fourth-order valence-corrected chi connectivity index (χ4v) is 3.18. The number of hydrogen-bond acceptors (Lipinski definition) is 5. The summed E-state index contributed by atoms with van der Waals surface area (Å²) < 4.78 is 6.48. The van der Waals surface area contributed by atoms with Gasteiger partial charge in [-0.15, -0.1) is 0 Å². The third-order valence-corrected chi connectivity index (χ3v) is 4.88. The number of nitrogens with two attached hydrogens (primary N) is 1. The van der Waals surface area contributed by atoms with Gasteiger partial charge >= 0.3 is 0 Å². The third kappa shape index (κ3) is 3.75. The van der Waals surface area contributed by atoms with Gasteiger partial charge in [0.2, 0.25) is 6.41 Å². The van der Waals surface area contributed by atoms with Crippen LogP contribution >= 0.6 is 0 Å². The molecule has 9 nitrogen and oxygen atoms in total. The van der Waals surface area contributed by atoms with Crippen molar-refractivity contribution in [2.45, 2.75) is 12.1 Å². The van der Waals surface area contributed by atoms with Crippen molar-refractivity contribution in [1.82, 2.24) is 14.8 Å². The summed E-state index contributed by atoms with van der Waals surface area (Å²) in [6, 6.07) is 8.20. The van der Waals surface area contributed by atoms with E-state index >= 15 is 0 Å². The van der Waals surface area contributed by atoms with Crippen molar-refractivity contribution >= 4 is 18.2 Å². The Morgan fingerprint density at radius 3 is 2.80 bits per heavy atom. The van der Waals surface area contributed by atoms with Gasteiger partial charge in [0, 0.05) is 25.4 Å². The van der Waals surface area contributed by atoms with Crippen LogP contribution in [-0.4, -0.2) is 46.9 Å². The second-order valence-corrected chi connectivity index (χ2v) is 6.80. The summed E-state index contributed by atoms with van der Waals surface area (Å²) in [5, 5.41) is 2.34.